The number of Topliss-reactive ketones (excluding diaryl/α,β-unsaturated/α-hetero) is 1. The van der Waals surface area contributed by atoms with Crippen molar-refractivity contribution in [1.82, 2.24) is 5.32 Å². The predicted molar refractivity (Wildman–Crippen MR) is 134 cm³/mol. The molecule has 0 radical (unpaired) electrons. The molecule has 1 N–H and O–H groups in total. The fourth-order valence-corrected chi connectivity index (χ4v) is 5.47. The van der Waals surface area contributed by atoms with Crippen LogP contribution in [0.4, 0.5) is 0 Å². The summed E-state index contributed by atoms with van der Waals surface area (Å²) in [6, 6.07) is 11.2. The first-order valence-electron chi connectivity index (χ1n) is 11.9. The number of carbonyl (C=O) groups excluding carboxylic acids is 2. The number of benzene rings is 2. The van der Waals surface area contributed by atoms with Crippen LogP contribution < -0.4 is 19.5 Å². The number of nitrogens with one attached hydrogen (secondary N) is 1. The maximum atomic E-state index is 13.8. The number of ketones is 1. The van der Waals surface area contributed by atoms with Gasteiger partial charge in [-0.05, 0) is 50.1 Å². The minimum atomic E-state index is -0.630. The third-order valence-electron chi connectivity index (χ3n) is 6.80. The van der Waals surface area contributed by atoms with Crippen molar-refractivity contribution >= 4 is 23.4 Å². The van der Waals surface area contributed by atoms with Gasteiger partial charge in [-0.1, -0.05) is 29.8 Å². The Morgan fingerprint density at radius 1 is 1.11 bits per heavy atom. The van der Waals surface area contributed by atoms with Crippen molar-refractivity contribution in [1.29, 1.82) is 0 Å². The van der Waals surface area contributed by atoms with E-state index in [2.05, 4.69) is 11.4 Å². The van der Waals surface area contributed by atoms with E-state index in [0.29, 0.717) is 39.8 Å². The number of ether oxygens (including phenoxy) is 4. The molecule has 2 aromatic rings. The molecule has 36 heavy (non-hydrogen) atoms. The highest BCUT2D eigenvalue weighted by Gasteiger charge is 2.46. The molecule has 2 heterocycles. The molecule has 3 aliphatic rings. The summed E-state index contributed by atoms with van der Waals surface area (Å²) in [4.78, 5) is 27.1. The second-order valence-electron chi connectivity index (χ2n) is 9.47. The number of fused-ring (bicyclic) bond motifs is 2. The van der Waals surface area contributed by atoms with Crippen LogP contribution in [-0.4, -0.2) is 31.8 Å². The molecule has 0 bridgehead atoms. The van der Waals surface area contributed by atoms with Crippen LogP contribution in [-0.2, 0) is 14.3 Å². The summed E-state index contributed by atoms with van der Waals surface area (Å²) in [5.41, 5.74) is 3.42. The number of halogens is 1. The monoisotopic (exact) mass is 509 g/mol. The molecule has 2 aliphatic heterocycles. The number of esters is 1. The number of carbonyl (C=O) groups is 2. The summed E-state index contributed by atoms with van der Waals surface area (Å²) in [7, 11) is 1.62. The molecule has 3 atom stereocenters. The first-order chi connectivity index (χ1) is 17.3. The van der Waals surface area contributed by atoms with Crippen LogP contribution in [0.3, 0.4) is 0 Å². The van der Waals surface area contributed by atoms with Gasteiger partial charge in [-0.3, -0.25) is 4.79 Å². The van der Waals surface area contributed by atoms with E-state index in [1.807, 2.05) is 31.2 Å². The maximum absolute atomic E-state index is 13.8. The van der Waals surface area contributed by atoms with Crippen LogP contribution in [0.15, 0.2) is 59.4 Å². The first-order valence-corrected chi connectivity index (χ1v) is 12.3. The molecule has 8 heteroatoms. The zero-order valence-corrected chi connectivity index (χ0v) is 21.3. The molecule has 0 spiro atoms. The molecular formula is C28H28ClNO6. The van der Waals surface area contributed by atoms with Crippen molar-refractivity contribution < 1.29 is 28.5 Å². The number of hydrogen-bond acceptors (Lipinski definition) is 7. The lowest BCUT2D eigenvalue weighted by Crippen LogP contribution is -2.42. The highest BCUT2D eigenvalue weighted by molar-refractivity contribution is 6.31. The van der Waals surface area contributed by atoms with Gasteiger partial charge < -0.3 is 24.3 Å². The van der Waals surface area contributed by atoms with Gasteiger partial charge in [0, 0.05) is 40.7 Å². The smallest absolute Gasteiger partial charge is 0.336 e. The van der Waals surface area contributed by atoms with Gasteiger partial charge in [0.05, 0.1) is 24.7 Å². The Hall–Kier alpha value is -3.45. The van der Waals surface area contributed by atoms with E-state index < -0.39 is 17.8 Å². The Kier molecular flexibility index (Phi) is 6.43. The van der Waals surface area contributed by atoms with E-state index in [4.69, 9.17) is 30.5 Å². The van der Waals surface area contributed by atoms with E-state index >= 15 is 0 Å². The lowest BCUT2D eigenvalue weighted by atomic mass is 9.68. The SMILES string of the molecule is COc1ccc(C2C=C3NC(C)=C(C(=O)OC(C)C)C(c4cc5c(cc4Cl)OCO5)C3C(=O)C2)cc1. The molecule has 1 aliphatic carbocycles. The molecule has 0 amide bonds. The average molecular weight is 510 g/mol. The van der Waals surface area contributed by atoms with Crippen molar-refractivity contribution in [2.45, 2.75) is 45.1 Å². The fourth-order valence-electron chi connectivity index (χ4n) is 5.19. The van der Waals surface area contributed by atoms with Gasteiger partial charge in [-0.2, -0.15) is 0 Å². The topological polar surface area (TPSA) is 83.1 Å². The Morgan fingerprint density at radius 3 is 2.47 bits per heavy atom. The Balaban J connectivity index is 1.62. The van der Waals surface area contributed by atoms with Gasteiger partial charge in [-0.25, -0.2) is 4.79 Å². The second kappa shape index (κ2) is 9.54. The number of rotatable bonds is 5. The summed E-state index contributed by atoms with van der Waals surface area (Å²) < 4.78 is 21.9. The third-order valence-corrected chi connectivity index (χ3v) is 7.12. The molecule has 0 fully saturated rings. The normalized spacial score (nSPS) is 22.7. The highest BCUT2D eigenvalue weighted by Crippen LogP contribution is 2.50. The van der Waals surface area contributed by atoms with Crippen LogP contribution >= 0.6 is 11.6 Å². The molecule has 5 rings (SSSR count). The Morgan fingerprint density at radius 2 is 1.81 bits per heavy atom. The molecule has 0 saturated heterocycles. The third kappa shape index (κ3) is 4.32. The molecule has 2 aromatic carbocycles. The molecule has 0 aromatic heterocycles. The van der Waals surface area contributed by atoms with Crippen LogP contribution in [0.5, 0.6) is 17.2 Å². The van der Waals surface area contributed by atoms with Gasteiger partial charge in [0.1, 0.15) is 11.5 Å². The molecule has 7 nitrogen and oxygen atoms in total. The summed E-state index contributed by atoms with van der Waals surface area (Å²) in [6.45, 7) is 5.51. The van der Waals surface area contributed by atoms with Crippen LogP contribution in [0.2, 0.25) is 5.02 Å². The summed E-state index contributed by atoms with van der Waals surface area (Å²) in [5, 5.41) is 3.74. The molecule has 188 valence electrons. The second-order valence-corrected chi connectivity index (χ2v) is 9.88. The standard InChI is InChI=1S/C28H28ClNO6/c1-14(2)36-28(32)25-15(3)30-21-9-17(16-5-7-18(33-4)8-6-16)10-22(31)27(21)26(25)19-11-23-24(12-20(19)29)35-13-34-23/h5-9,11-12,14,17,26-27,30H,10,13H2,1-4H3. The Bertz CT molecular complexity index is 1280. The molecule has 3 unspecified atom stereocenters. The van der Waals surface area contributed by atoms with E-state index in [-0.39, 0.29) is 24.6 Å². The van der Waals surface area contributed by atoms with Crippen molar-refractivity contribution in [2.24, 2.45) is 5.92 Å². The zero-order chi connectivity index (χ0) is 25.6. The van der Waals surface area contributed by atoms with E-state index in [9.17, 15) is 9.59 Å². The minimum absolute atomic E-state index is 0.0156. The van der Waals surface area contributed by atoms with Gasteiger partial charge in [0.25, 0.3) is 0 Å². The fraction of sp³-hybridized carbons (Fsp3) is 0.357. The van der Waals surface area contributed by atoms with Crippen LogP contribution in [0.25, 0.3) is 0 Å². The van der Waals surface area contributed by atoms with Gasteiger partial charge in [0.2, 0.25) is 6.79 Å². The largest absolute Gasteiger partial charge is 0.497 e. The van der Waals surface area contributed by atoms with Crippen molar-refractivity contribution in [3.05, 3.63) is 75.6 Å². The van der Waals surface area contributed by atoms with Gasteiger partial charge in [-0.15, -0.1) is 0 Å². The summed E-state index contributed by atoms with van der Waals surface area (Å²) in [5.74, 6) is 0.0199. The molecule has 0 saturated carbocycles. The van der Waals surface area contributed by atoms with Crippen molar-refractivity contribution in [3.8, 4) is 17.2 Å². The zero-order valence-electron chi connectivity index (χ0n) is 20.6. The maximum Gasteiger partial charge on any atom is 0.336 e. The van der Waals surface area contributed by atoms with E-state index in [1.54, 1.807) is 33.1 Å². The highest BCUT2D eigenvalue weighted by atomic mass is 35.5. The summed E-state index contributed by atoms with van der Waals surface area (Å²) >= 11 is 6.72. The van der Waals surface area contributed by atoms with Gasteiger partial charge in [0.15, 0.2) is 11.5 Å². The Labute approximate surface area is 215 Å². The van der Waals surface area contributed by atoms with Gasteiger partial charge >= 0.3 is 5.97 Å². The quantitative estimate of drug-likeness (QED) is 0.551. The van der Waals surface area contributed by atoms with Crippen LogP contribution in [0.1, 0.15) is 50.2 Å². The van der Waals surface area contributed by atoms with Crippen LogP contribution in [0, 0.1) is 5.92 Å². The van der Waals surface area contributed by atoms with E-state index in [0.717, 1.165) is 17.0 Å². The minimum Gasteiger partial charge on any atom is -0.497 e. The number of allylic oxidation sites excluding steroid dienone is 3. The lowest BCUT2D eigenvalue weighted by Gasteiger charge is -2.40. The average Bonchev–Trinajstić information content (AvgIpc) is 3.29. The van der Waals surface area contributed by atoms with E-state index in [1.165, 1.54) is 0 Å². The molecular weight excluding hydrogens is 482 g/mol. The van der Waals surface area contributed by atoms with Crippen molar-refractivity contribution in [2.75, 3.05) is 13.9 Å². The lowest BCUT2D eigenvalue weighted by molar-refractivity contribution is -0.143. The summed E-state index contributed by atoms with van der Waals surface area (Å²) in [6.07, 6.45) is 2.06. The number of hydrogen-bond donors (Lipinski definition) is 1. The van der Waals surface area contributed by atoms with Crippen molar-refractivity contribution in [3.63, 3.8) is 0 Å². The number of methoxy groups -OCH3 is 1. The predicted octanol–water partition coefficient (Wildman–Crippen LogP) is 5.25. The first kappa shape index (κ1) is 24.3.